The normalized spacial score (nSPS) is 20.3. The molecule has 2 atom stereocenters. The largest absolute Gasteiger partial charge is 0.350 e. The number of halogens is 2. The van der Waals surface area contributed by atoms with Gasteiger partial charge < -0.3 is 10.6 Å². The molecule has 0 aliphatic carbocycles. The Morgan fingerprint density at radius 2 is 2.26 bits per heavy atom. The maximum absolute atomic E-state index is 11.9. The molecule has 1 fully saturated rings. The fourth-order valence-corrected chi connectivity index (χ4v) is 2.63. The molecular weight excluding hydrogens is 283 g/mol. The minimum atomic E-state index is -0.0660. The molecular formula is C14H18Cl2N2O. The van der Waals surface area contributed by atoms with Crippen molar-refractivity contribution in [2.45, 2.75) is 38.3 Å². The number of benzene rings is 1. The van der Waals surface area contributed by atoms with Gasteiger partial charge in [-0.15, -0.1) is 0 Å². The zero-order valence-corrected chi connectivity index (χ0v) is 12.4. The van der Waals surface area contributed by atoms with Crippen LogP contribution in [-0.2, 0) is 4.79 Å². The van der Waals surface area contributed by atoms with Gasteiger partial charge in [0.25, 0.3) is 0 Å². The summed E-state index contributed by atoms with van der Waals surface area (Å²) in [7, 11) is 0. The van der Waals surface area contributed by atoms with Gasteiger partial charge in [0, 0.05) is 12.5 Å². The van der Waals surface area contributed by atoms with Crippen LogP contribution in [0.25, 0.3) is 0 Å². The number of hydrogen-bond donors (Lipinski definition) is 2. The molecule has 0 radical (unpaired) electrons. The third kappa shape index (κ3) is 4.10. The Morgan fingerprint density at radius 3 is 2.89 bits per heavy atom. The Morgan fingerprint density at radius 1 is 1.47 bits per heavy atom. The summed E-state index contributed by atoms with van der Waals surface area (Å²) in [6.07, 6.45) is 2.76. The highest BCUT2D eigenvalue weighted by atomic mass is 35.5. The summed E-state index contributed by atoms with van der Waals surface area (Å²) in [5.74, 6) is 0.0676. The molecule has 0 saturated carbocycles. The van der Waals surface area contributed by atoms with Crippen molar-refractivity contribution >= 4 is 29.1 Å². The Kier molecular flexibility index (Phi) is 5.08. The van der Waals surface area contributed by atoms with Crippen LogP contribution < -0.4 is 10.6 Å². The molecule has 1 aliphatic heterocycles. The van der Waals surface area contributed by atoms with Crippen LogP contribution in [0, 0.1) is 0 Å². The topological polar surface area (TPSA) is 41.1 Å². The summed E-state index contributed by atoms with van der Waals surface area (Å²) < 4.78 is 0. The number of carbonyl (C=O) groups excluding carboxylic acids is 1. The highest BCUT2D eigenvalue weighted by Gasteiger charge is 2.19. The fraction of sp³-hybridized carbons (Fsp3) is 0.500. The van der Waals surface area contributed by atoms with E-state index in [0.29, 0.717) is 22.5 Å². The second-order valence-corrected chi connectivity index (χ2v) is 5.77. The van der Waals surface area contributed by atoms with Crippen molar-refractivity contribution in [3.8, 4) is 0 Å². The predicted molar refractivity (Wildman–Crippen MR) is 78.7 cm³/mol. The van der Waals surface area contributed by atoms with Crippen molar-refractivity contribution in [3.63, 3.8) is 0 Å². The van der Waals surface area contributed by atoms with Crippen molar-refractivity contribution < 1.29 is 4.79 Å². The summed E-state index contributed by atoms with van der Waals surface area (Å²) in [6.45, 7) is 2.96. The molecule has 0 spiro atoms. The van der Waals surface area contributed by atoms with E-state index in [0.717, 1.165) is 24.9 Å². The lowest BCUT2D eigenvalue weighted by Gasteiger charge is -2.17. The summed E-state index contributed by atoms with van der Waals surface area (Å²) in [6, 6.07) is 5.68. The molecule has 0 aromatic heterocycles. The average molecular weight is 301 g/mol. The van der Waals surface area contributed by atoms with Crippen molar-refractivity contribution in [1.82, 2.24) is 10.6 Å². The zero-order chi connectivity index (χ0) is 13.8. The number of carbonyl (C=O) groups is 1. The van der Waals surface area contributed by atoms with Gasteiger partial charge >= 0.3 is 0 Å². The first-order chi connectivity index (χ1) is 9.06. The molecule has 2 unspecified atom stereocenters. The molecule has 1 aromatic rings. The smallest absolute Gasteiger partial charge is 0.222 e. The Bertz CT molecular complexity index is 459. The molecule has 1 aromatic carbocycles. The Labute approximate surface area is 123 Å². The Hall–Kier alpha value is -0.770. The monoisotopic (exact) mass is 300 g/mol. The summed E-state index contributed by atoms with van der Waals surface area (Å²) in [5, 5.41) is 7.35. The third-order valence-corrected chi connectivity index (χ3v) is 4.15. The van der Waals surface area contributed by atoms with E-state index in [4.69, 9.17) is 23.2 Å². The number of amides is 1. The van der Waals surface area contributed by atoms with Crippen LogP contribution in [0.4, 0.5) is 0 Å². The molecule has 2 rings (SSSR count). The first kappa shape index (κ1) is 14.6. The van der Waals surface area contributed by atoms with Gasteiger partial charge in [-0.25, -0.2) is 0 Å². The molecule has 3 nitrogen and oxygen atoms in total. The van der Waals surface area contributed by atoms with E-state index in [1.54, 1.807) is 12.1 Å². The number of rotatable bonds is 4. The first-order valence-electron chi connectivity index (χ1n) is 6.54. The SMILES string of the molecule is CC(NC(=O)CC1CCCN1)c1ccc(Cl)c(Cl)c1. The van der Waals surface area contributed by atoms with Crippen LogP contribution in [0.1, 0.15) is 37.8 Å². The fourth-order valence-electron chi connectivity index (χ4n) is 2.32. The van der Waals surface area contributed by atoms with Crippen LogP contribution in [-0.4, -0.2) is 18.5 Å². The second-order valence-electron chi connectivity index (χ2n) is 4.96. The lowest BCUT2D eigenvalue weighted by molar-refractivity contribution is -0.122. The summed E-state index contributed by atoms with van der Waals surface area (Å²) >= 11 is 11.9. The highest BCUT2D eigenvalue weighted by molar-refractivity contribution is 6.42. The molecule has 1 amide bonds. The van der Waals surface area contributed by atoms with Gasteiger partial charge in [0.2, 0.25) is 5.91 Å². The summed E-state index contributed by atoms with van der Waals surface area (Å²) in [5.41, 5.74) is 0.960. The van der Waals surface area contributed by atoms with Gasteiger partial charge in [0.05, 0.1) is 16.1 Å². The minimum Gasteiger partial charge on any atom is -0.350 e. The number of nitrogens with one attached hydrogen (secondary N) is 2. The quantitative estimate of drug-likeness (QED) is 0.896. The lowest BCUT2D eigenvalue weighted by Crippen LogP contribution is -2.33. The molecule has 1 saturated heterocycles. The maximum Gasteiger partial charge on any atom is 0.222 e. The standard InChI is InChI=1S/C14H18Cl2N2O/c1-9(10-4-5-12(15)13(16)7-10)18-14(19)8-11-3-2-6-17-11/h4-5,7,9,11,17H,2-3,6,8H2,1H3,(H,18,19). The molecule has 0 bridgehead atoms. The molecule has 19 heavy (non-hydrogen) atoms. The molecule has 2 N–H and O–H groups in total. The molecule has 5 heteroatoms. The molecule has 1 aliphatic rings. The van der Waals surface area contributed by atoms with E-state index in [9.17, 15) is 4.79 Å². The van der Waals surface area contributed by atoms with Gasteiger partial charge in [-0.1, -0.05) is 29.3 Å². The van der Waals surface area contributed by atoms with E-state index in [2.05, 4.69) is 10.6 Å². The van der Waals surface area contributed by atoms with Gasteiger partial charge in [-0.05, 0) is 44.0 Å². The van der Waals surface area contributed by atoms with Crippen molar-refractivity contribution in [2.75, 3.05) is 6.54 Å². The van der Waals surface area contributed by atoms with E-state index in [1.807, 2.05) is 13.0 Å². The minimum absolute atomic E-state index is 0.0660. The lowest BCUT2D eigenvalue weighted by atomic mass is 10.1. The van der Waals surface area contributed by atoms with E-state index in [-0.39, 0.29) is 11.9 Å². The van der Waals surface area contributed by atoms with Crippen LogP contribution >= 0.6 is 23.2 Å². The van der Waals surface area contributed by atoms with E-state index >= 15 is 0 Å². The molecule has 1 heterocycles. The highest BCUT2D eigenvalue weighted by Crippen LogP contribution is 2.25. The van der Waals surface area contributed by atoms with Crippen molar-refractivity contribution in [1.29, 1.82) is 0 Å². The van der Waals surface area contributed by atoms with Crippen LogP contribution in [0.3, 0.4) is 0 Å². The van der Waals surface area contributed by atoms with Crippen LogP contribution in [0.15, 0.2) is 18.2 Å². The van der Waals surface area contributed by atoms with Gasteiger partial charge in [-0.2, -0.15) is 0 Å². The van der Waals surface area contributed by atoms with Crippen molar-refractivity contribution in [3.05, 3.63) is 33.8 Å². The van der Waals surface area contributed by atoms with Crippen molar-refractivity contribution in [2.24, 2.45) is 0 Å². The average Bonchev–Trinajstić information content (AvgIpc) is 2.85. The van der Waals surface area contributed by atoms with Gasteiger partial charge in [0.15, 0.2) is 0 Å². The predicted octanol–water partition coefficient (Wildman–Crippen LogP) is 3.31. The number of hydrogen-bond acceptors (Lipinski definition) is 2. The molecule has 104 valence electrons. The van der Waals surface area contributed by atoms with Gasteiger partial charge in [-0.3, -0.25) is 4.79 Å². The van der Waals surface area contributed by atoms with Crippen LogP contribution in [0.5, 0.6) is 0 Å². The van der Waals surface area contributed by atoms with E-state index in [1.165, 1.54) is 0 Å². The van der Waals surface area contributed by atoms with Gasteiger partial charge in [0.1, 0.15) is 0 Å². The first-order valence-corrected chi connectivity index (χ1v) is 7.29. The third-order valence-electron chi connectivity index (χ3n) is 3.42. The van der Waals surface area contributed by atoms with E-state index < -0.39 is 0 Å². The summed E-state index contributed by atoms with van der Waals surface area (Å²) in [4.78, 5) is 11.9. The van der Waals surface area contributed by atoms with Crippen LogP contribution in [0.2, 0.25) is 10.0 Å². The second kappa shape index (κ2) is 6.60. The maximum atomic E-state index is 11.9. The zero-order valence-electron chi connectivity index (χ0n) is 10.9. The Balaban J connectivity index is 1.90.